The molecule has 8 aromatic carbocycles. The Labute approximate surface area is 738 Å². The number of hydrogen-bond acceptors (Lipinski definition) is 18. The molecule has 0 spiro atoms. The lowest BCUT2D eigenvalue weighted by atomic mass is 9.71. The van der Waals surface area contributed by atoms with Crippen molar-refractivity contribution in [3.63, 3.8) is 0 Å². The van der Waals surface area contributed by atoms with Crippen LogP contribution in [0.2, 0.25) is 0 Å². The fourth-order valence-corrected chi connectivity index (χ4v) is 17.8. The maximum Gasteiger partial charge on any atom is 0.407 e. The summed E-state index contributed by atoms with van der Waals surface area (Å²) in [5.41, 5.74) is 41.6. The number of hydrogen-bond donors (Lipinski definition) is 7. The van der Waals surface area contributed by atoms with Crippen LogP contribution in [-0.4, -0.2) is 83.9 Å². The van der Waals surface area contributed by atoms with Gasteiger partial charge in [-0.1, -0.05) is 272 Å². The van der Waals surface area contributed by atoms with Gasteiger partial charge < -0.3 is 48.1 Å². The Kier molecular flexibility index (Phi) is 33.9. The highest BCUT2D eigenvalue weighted by atomic mass is 16.6. The molecule has 6 unspecified atom stereocenters. The molecule has 2 amide bonds. The Morgan fingerprint density at radius 1 is 0.424 bits per heavy atom. The third kappa shape index (κ3) is 25.9. The maximum atomic E-state index is 13.0. The number of fused-ring (bicyclic) bond motifs is 3. The van der Waals surface area contributed by atoms with E-state index in [-0.39, 0.29) is 49.5 Å². The van der Waals surface area contributed by atoms with Gasteiger partial charge in [-0.05, 0) is 214 Å². The first-order valence-electron chi connectivity index (χ1n) is 45.0. The van der Waals surface area contributed by atoms with Crippen molar-refractivity contribution in [3.05, 3.63) is 317 Å². The van der Waals surface area contributed by atoms with Crippen LogP contribution in [0.5, 0.6) is 0 Å². The molecule has 6 aliphatic carbocycles. The first kappa shape index (κ1) is 89.9. The number of hydrazone groups is 1. The molecule has 2 fully saturated rings. The van der Waals surface area contributed by atoms with E-state index in [0.717, 1.165) is 162 Å². The first-order valence-corrected chi connectivity index (χ1v) is 45.0. The quantitative estimate of drug-likeness (QED) is 0.0393. The van der Waals surface area contributed by atoms with Gasteiger partial charge in [0.2, 0.25) is 5.82 Å². The number of aromatic nitrogens is 6. The van der Waals surface area contributed by atoms with Crippen LogP contribution in [0, 0.1) is 29.1 Å². The molecule has 2 aromatic heterocycles. The summed E-state index contributed by atoms with van der Waals surface area (Å²) in [7, 11) is 0. The number of benzene rings is 8. The number of carbonyl (C=O) groups excluding carboxylic acids is 2. The minimum Gasteiger partial charge on any atom is -0.446 e. The summed E-state index contributed by atoms with van der Waals surface area (Å²) in [5.74, 6) is 2.46. The van der Waals surface area contributed by atoms with E-state index in [1.807, 2.05) is 164 Å². The van der Waals surface area contributed by atoms with Gasteiger partial charge in [-0.2, -0.15) is 15.3 Å². The summed E-state index contributed by atoms with van der Waals surface area (Å²) in [5, 5.41) is 54.0. The maximum absolute atomic E-state index is 13.0. The molecule has 125 heavy (non-hydrogen) atoms. The molecular formula is C105H122N16O4. The van der Waals surface area contributed by atoms with E-state index < -0.39 is 6.09 Å². The molecule has 20 nitrogen and oxygen atoms in total. The Morgan fingerprint density at radius 2 is 0.872 bits per heavy atom. The number of nitrogens with zero attached hydrogens (tertiary/aromatic N) is 9. The van der Waals surface area contributed by atoms with Crippen molar-refractivity contribution in [1.29, 1.82) is 5.41 Å². The van der Waals surface area contributed by atoms with Gasteiger partial charge in [-0.25, -0.2) is 9.59 Å². The van der Waals surface area contributed by atoms with Gasteiger partial charge in [0, 0.05) is 76.4 Å². The average Bonchev–Trinajstić information content (AvgIpc) is 0.742. The van der Waals surface area contributed by atoms with E-state index in [9.17, 15) is 9.59 Å². The lowest BCUT2D eigenvalue weighted by Gasteiger charge is -2.38. The number of nitrogens with two attached hydrogens (primary N) is 3. The summed E-state index contributed by atoms with van der Waals surface area (Å²) >= 11 is 0. The fourth-order valence-electron chi connectivity index (χ4n) is 17.8. The van der Waals surface area contributed by atoms with E-state index in [2.05, 4.69) is 150 Å². The van der Waals surface area contributed by atoms with Crippen LogP contribution in [0.3, 0.4) is 0 Å². The van der Waals surface area contributed by atoms with Crippen molar-refractivity contribution in [2.24, 2.45) is 39.0 Å². The summed E-state index contributed by atoms with van der Waals surface area (Å²) in [6.45, 7) is 0.937. The van der Waals surface area contributed by atoms with Gasteiger partial charge in [0.15, 0.2) is 5.82 Å². The molecular weight excluding hydrogens is 1550 g/mol. The average molecular weight is 1670 g/mol. The van der Waals surface area contributed by atoms with Crippen LogP contribution in [0.25, 0.3) is 33.9 Å². The minimum absolute atomic E-state index is 0. The molecule has 2 saturated carbocycles. The van der Waals surface area contributed by atoms with E-state index >= 15 is 0 Å². The highest BCUT2D eigenvalue weighted by molar-refractivity contribution is 6.12. The van der Waals surface area contributed by atoms with Crippen molar-refractivity contribution in [1.82, 2.24) is 46.7 Å². The predicted octanol–water partition coefficient (Wildman–Crippen LogP) is 22.7. The number of rotatable bonds is 14. The van der Waals surface area contributed by atoms with Gasteiger partial charge in [0.1, 0.15) is 12.2 Å². The summed E-state index contributed by atoms with van der Waals surface area (Å²) in [6, 6.07) is 74.3. The van der Waals surface area contributed by atoms with Crippen molar-refractivity contribution in [2.75, 3.05) is 17.2 Å². The van der Waals surface area contributed by atoms with Crippen molar-refractivity contribution >= 4 is 52.1 Å². The molecule has 0 bridgehead atoms. The van der Waals surface area contributed by atoms with Crippen LogP contribution >= 0.6 is 0 Å². The zero-order valence-corrected chi connectivity index (χ0v) is 71.2. The highest BCUT2D eigenvalue weighted by Crippen LogP contribution is 2.41. The molecule has 2 aliphatic heterocycles. The van der Waals surface area contributed by atoms with Crippen LogP contribution in [0.4, 0.5) is 26.7 Å². The molecule has 10 N–H and O–H groups in total. The summed E-state index contributed by atoms with van der Waals surface area (Å²) < 4.78 is 11.6. The third-order valence-electron chi connectivity index (χ3n) is 24.4. The molecule has 646 valence electrons. The van der Waals surface area contributed by atoms with Crippen LogP contribution in [-0.2, 0) is 35.4 Å². The second-order valence-corrected chi connectivity index (χ2v) is 33.3. The molecule has 20 heteroatoms. The van der Waals surface area contributed by atoms with E-state index in [4.69, 9.17) is 47.4 Å². The lowest BCUT2D eigenvalue weighted by molar-refractivity contribution is 0.0577. The van der Waals surface area contributed by atoms with Crippen LogP contribution < -0.4 is 33.3 Å². The molecule has 0 radical (unpaired) electrons. The van der Waals surface area contributed by atoms with Gasteiger partial charge in [-0.15, -0.1) is 30.6 Å². The number of carbonyl (C=O) groups is 2. The first-order chi connectivity index (χ1) is 61.0. The minimum atomic E-state index is -0.399. The molecule has 0 saturated heterocycles. The van der Waals surface area contributed by atoms with Crippen molar-refractivity contribution in [2.45, 2.75) is 212 Å². The van der Waals surface area contributed by atoms with Gasteiger partial charge in [0.05, 0.1) is 40.3 Å². The number of allylic oxidation sites excluding steroid dienone is 4. The Bertz CT molecular complexity index is 5260. The van der Waals surface area contributed by atoms with E-state index in [1.54, 1.807) is 0 Å². The number of nitrogens with one attached hydrogen (secondary N) is 4. The van der Waals surface area contributed by atoms with Gasteiger partial charge in [-0.3, -0.25) is 0 Å². The summed E-state index contributed by atoms with van der Waals surface area (Å²) in [4.78, 5) is 24.7. The lowest BCUT2D eigenvalue weighted by Crippen LogP contribution is -2.45. The number of alkyl carbamates (subject to hydrolysis) is 2. The van der Waals surface area contributed by atoms with Crippen molar-refractivity contribution in [3.8, 4) is 33.9 Å². The molecule has 18 rings (SSSR count). The number of nitrogen functional groups attached to an aromatic ring is 3. The van der Waals surface area contributed by atoms with Gasteiger partial charge >= 0.3 is 12.2 Å². The van der Waals surface area contributed by atoms with Crippen molar-refractivity contribution < 1.29 is 19.1 Å². The van der Waals surface area contributed by atoms with Gasteiger partial charge in [0.25, 0.3) is 0 Å². The molecule has 4 heterocycles. The van der Waals surface area contributed by atoms with E-state index in [0.29, 0.717) is 42.1 Å². The number of amides is 2. The molecule has 8 aliphatic rings. The zero-order chi connectivity index (χ0) is 85.3. The number of anilines is 3. The monoisotopic (exact) mass is 1670 g/mol. The fraction of sp³-hybridized carbons (Fsp3) is 0.352. The van der Waals surface area contributed by atoms with Crippen LogP contribution in [0.1, 0.15) is 212 Å². The third-order valence-corrected chi connectivity index (χ3v) is 24.4. The molecule has 6 atom stereocenters. The van der Waals surface area contributed by atoms with E-state index in [1.165, 1.54) is 111 Å². The Hall–Kier alpha value is -12.8. The largest absolute Gasteiger partial charge is 0.446 e. The standard InChI is InChI=1S/C30H32N4O2.C22H25N3.C22H23N3.C16H21NO2.C14H17N5.CH4/c31-24-18-16-23(17-19-24)29-27-25(28(33-34-29)22-12-6-2-7-13-22)14-8-3-9-15-26(27)36-30(35)32-20-21-10-4-1-5-11-21;2*23-18-14-12-17(13-15-18)22-20-11-7-2-1-6-10-19(20)21(24-25-22)16-8-4-3-5-9-16;18-16(17-13-14-9-5-4-6-10-14)19-15-11-7-2-1-3-8-12-15;15-12-8-6-11(7-9-12)14-18-16-13(17-19-14)10-4-2-1-3-5-10;/h1-2,4-7,10-13,16-19,25-27H,3,8-9,14-15,20,31H2,(H,32,35);3-5,8-9,11-15,17,19,22-23,25H,1-2,6-7,10H2;3-5,8-9,12-15H,1-2,6-7,10-11,23H2;4-7,9-11,15H,1-3,8,12-13H2,(H,17,18);6-10H,1-5,15H2;1H4/b;;;11-7+;;. The number of ether oxygens (including phenoxy) is 2. The highest BCUT2D eigenvalue weighted by Gasteiger charge is 2.43. The normalized spacial score (nSPS) is 20.6. The SMILES string of the molecule is C.N=C1C=CC(C2NN=C(c3ccccc3)C3CCCCCC=C32)C=C1.Nc1ccc(-c2nnc(-c3ccccc3)c3c2CCCCCC3)cc1.Nc1ccc(-c2nnc(C3CCCCC3)nn2)cc1.Nc1ccc(C2=NN=C(c3ccccc3)C3CCCCCC(OC(=O)NCc4ccccc4)C23)cc1.O=C(NCc1ccccc1)OC1/C=C/CCCCC1. The zero-order valence-electron chi connectivity index (χ0n) is 71.2. The molecule has 10 aromatic rings. The summed E-state index contributed by atoms with van der Waals surface area (Å²) in [6.07, 6.45) is 43.7. The predicted molar refractivity (Wildman–Crippen MR) is 507 cm³/mol. The Morgan fingerprint density at radius 3 is 1.45 bits per heavy atom. The smallest absolute Gasteiger partial charge is 0.407 e. The Balaban J connectivity index is 0.000000137. The second-order valence-electron chi connectivity index (χ2n) is 33.3. The topological polar surface area (TPSA) is 305 Å². The second kappa shape index (κ2) is 47.1. The van der Waals surface area contributed by atoms with Crippen LogP contribution in [0.15, 0.2) is 288 Å².